The summed E-state index contributed by atoms with van der Waals surface area (Å²) in [5.41, 5.74) is 2.90. The Balaban J connectivity index is 1.71. The Morgan fingerprint density at radius 2 is 2.19 bits per heavy atom. The molecule has 0 saturated carbocycles. The standard InChI is InChI=1S/C19H20FN3O3/c1-2-26-19(25)23-7-6-16-14(12-23)10-21-11-17(16)18(24)22-9-13-4-3-5-15(20)8-13/h3-5,8,10-11H,2,6-7,9,12H2,1H3,(H,22,24). The number of nitrogens with zero attached hydrogens (tertiary/aromatic N) is 2. The molecule has 0 unspecified atom stereocenters. The molecular formula is C19H20FN3O3. The van der Waals surface area contributed by atoms with Crippen molar-refractivity contribution in [1.82, 2.24) is 15.2 Å². The Hall–Kier alpha value is -2.96. The quantitative estimate of drug-likeness (QED) is 0.913. The number of aromatic nitrogens is 1. The lowest BCUT2D eigenvalue weighted by Crippen LogP contribution is -2.37. The van der Waals surface area contributed by atoms with E-state index in [1.807, 2.05) is 0 Å². The molecule has 2 aromatic rings. The SMILES string of the molecule is CCOC(=O)N1CCc2c(cncc2C(=O)NCc2cccc(F)c2)C1. The molecular weight excluding hydrogens is 337 g/mol. The summed E-state index contributed by atoms with van der Waals surface area (Å²) in [6.45, 7) is 3.17. The summed E-state index contributed by atoms with van der Waals surface area (Å²) in [4.78, 5) is 30.2. The molecule has 1 aliphatic heterocycles. The Kier molecular flexibility index (Phi) is 5.46. The van der Waals surface area contributed by atoms with Crippen molar-refractivity contribution in [3.63, 3.8) is 0 Å². The van der Waals surface area contributed by atoms with Crippen LogP contribution in [0, 0.1) is 5.82 Å². The molecule has 0 aliphatic carbocycles. The number of amides is 2. The first-order chi connectivity index (χ1) is 12.6. The maximum absolute atomic E-state index is 13.2. The molecule has 2 amide bonds. The Bertz CT molecular complexity index is 825. The highest BCUT2D eigenvalue weighted by atomic mass is 19.1. The summed E-state index contributed by atoms with van der Waals surface area (Å²) in [5, 5.41) is 2.80. The molecule has 0 spiro atoms. The van der Waals surface area contributed by atoms with Gasteiger partial charge in [-0.3, -0.25) is 9.78 Å². The van der Waals surface area contributed by atoms with Gasteiger partial charge < -0.3 is 15.0 Å². The highest BCUT2D eigenvalue weighted by Crippen LogP contribution is 2.22. The zero-order valence-corrected chi connectivity index (χ0v) is 14.5. The van der Waals surface area contributed by atoms with E-state index in [4.69, 9.17) is 4.74 Å². The van der Waals surface area contributed by atoms with Crippen molar-refractivity contribution >= 4 is 12.0 Å². The van der Waals surface area contributed by atoms with Gasteiger partial charge in [-0.25, -0.2) is 9.18 Å². The summed E-state index contributed by atoms with van der Waals surface area (Å²) in [7, 11) is 0. The number of pyridine rings is 1. The zero-order valence-electron chi connectivity index (χ0n) is 14.5. The van der Waals surface area contributed by atoms with Gasteiger partial charge in [0.15, 0.2) is 0 Å². The van der Waals surface area contributed by atoms with Crippen molar-refractivity contribution in [2.45, 2.75) is 26.4 Å². The molecule has 7 heteroatoms. The fourth-order valence-corrected chi connectivity index (χ4v) is 2.98. The number of ether oxygens (including phenoxy) is 1. The molecule has 0 atom stereocenters. The smallest absolute Gasteiger partial charge is 0.410 e. The lowest BCUT2D eigenvalue weighted by molar-refractivity contribution is 0.0947. The molecule has 0 bridgehead atoms. The molecule has 136 valence electrons. The summed E-state index contributed by atoms with van der Waals surface area (Å²) >= 11 is 0. The van der Waals surface area contributed by atoms with Crippen LogP contribution in [0.4, 0.5) is 9.18 Å². The number of carbonyl (C=O) groups excluding carboxylic acids is 2. The van der Waals surface area contributed by atoms with Gasteiger partial charge in [-0.15, -0.1) is 0 Å². The summed E-state index contributed by atoms with van der Waals surface area (Å²) in [6.07, 6.45) is 3.39. The zero-order chi connectivity index (χ0) is 18.5. The van der Waals surface area contributed by atoms with Crippen LogP contribution in [0.25, 0.3) is 0 Å². The molecule has 0 radical (unpaired) electrons. The van der Waals surface area contributed by atoms with Gasteiger partial charge in [0.2, 0.25) is 0 Å². The highest BCUT2D eigenvalue weighted by Gasteiger charge is 2.25. The van der Waals surface area contributed by atoms with E-state index in [9.17, 15) is 14.0 Å². The third kappa shape index (κ3) is 3.99. The fraction of sp³-hybridized carbons (Fsp3) is 0.316. The topological polar surface area (TPSA) is 71.5 Å². The number of hydrogen-bond donors (Lipinski definition) is 1. The van der Waals surface area contributed by atoms with Crippen LogP contribution in [0.5, 0.6) is 0 Å². The van der Waals surface area contributed by atoms with Crippen LogP contribution < -0.4 is 5.32 Å². The van der Waals surface area contributed by atoms with Gasteiger partial charge in [0.1, 0.15) is 5.82 Å². The molecule has 1 aliphatic rings. The fourth-order valence-electron chi connectivity index (χ4n) is 2.98. The van der Waals surface area contributed by atoms with E-state index < -0.39 is 0 Å². The molecule has 2 heterocycles. The first kappa shape index (κ1) is 17.8. The number of carbonyl (C=O) groups is 2. The maximum atomic E-state index is 13.2. The molecule has 0 saturated heterocycles. The Morgan fingerprint density at radius 3 is 2.96 bits per heavy atom. The van der Waals surface area contributed by atoms with Gasteiger partial charge in [0.05, 0.1) is 18.7 Å². The predicted octanol–water partition coefficient (Wildman–Crippen LogP) is 2.67. The van der Waals surface area contributed by atoms with E-state index in [1.165, 1.54) is 18.3 Å². The minimum atomic E-state index is -0.362. The van der Waals surface area contributed by atoms with Crippen molar-refractivity contribution in [3.05, 3.63) is 64.7 Å². The lowest BCUT2D eigenvalue weighted by Gasteiger charge is -2.28. The van der Waals surface area contributed by atoms with Crippen LogP contribution in [0.1, 0.15) is 34.0 Å². The van der Waals surface area contributed by atoms with Gasteiger partial charge in [-0.05, 0) is 42.2 Å². The third-order valence-electron chi connectivity index (χ3n) is 4.25. The summed E-state index contributed by atoms with van der Waals surface area (Å²) < 4.78 is 18.3. The van der Waals surface area contributed by atoms with Crippen molar-refractivity contribution in [2.75, 3.05) is 13.2 Å². The van der Waals surface area contributed by atoms with Gasteiger partial charge in [-0.2, -0.15) is 0 Å². The van der Waals surface area contributed by atoms with E-state index >= 15 is 0 Å². The average Bonchev–Trinajstić information content (AvgIpc) is 2.65. The third-order valence-corrected chi connectivity index (χ3v) is 4.25. The lowest BCUT2D eigenvalue weighted by atomic mass is 9.97. The average molecular weight is 357 g/mol. The second-order valence-electron chi connectivity index (χ2n) is 6.01. The Labute approximate surface area is 151 Å². The second-order valence-corrected chi connectivity index (χ2v) is 6.01. The minimum Gasteiger partial charge on any atom is -0.450 e. The number of halogens is 1. The number of rotatable bonds is 4. The summed E-state index contributed by atoms with van der Waals surface area (Å²) in [6, 6.07) is 6.10. The minimum absolute atomic E-state index is 0.231. The highest BCUT2D eigenvalue weighted by molar-refractivity contribution is 5.95. The number of hydrogen-bond acceptors (Lipinski definition) is 4. The monoisotopic (exact) mass is 357 g/mol. The number of nitrogens with one attached hydrogen (secondary N) is 1. The van der Waals surface area contributed by atoms with Gasteiger partial charge >= 0.3 is 6.09 Å². The van der Waals surface area contributed by atoms with Crippen LogP contribution in [-0.2, 0) is 24.2 Å². The predicted molar refractivity (Wildman–Crippen MR) is 92.9 cm³/mol. The first-order valence-electron chi connectivity index (χ1n) is 8.48. The van der Waals surface area contributed by atoms with E-state index in [1.54, 1.807) is 30.2 Å². The van der Waals surface area contributed by atoms with Crippen LogP contribution in [0.2, 0.25) is 0 Å². The van der Waals surface area contributed by atoms with Crippen molar-refractivity contribution < 1.29 is 18.7 Å². The van der Waals surface area contributed by atoms with E-state index in [-0.39, 0.29) is 24.4 Å². The molecule has 1 aromatic carbocycles. The number of benzene rings is 1. The Morgan fingerprint density at radius 1 is 1.35 bits per heavy atom. The van der Waals surface area contributed by atoms with E-state index in [2.05, 4.69) is 10.3 Å². The molecule has 6 nitrogen and oxygen atoms in total. The maximum Gasteiger partial charge on any atom is 0.410 e. The van der Waals surface area contributed by atoms with Gasteiger partial charge in [0.25, 0.3) is 5.91 Å². The first-order valence-corrected chi connectivity index (χ1v) is 8.48. The van der Waals surface area contributed by atoms with Crippen LogP contribution >= 0.6 is 0 Å². The molecule has 1 N–H and O–H groups in total. The van der Waals surface area contributed by atoms with E-state index in [0.717, 1.165) is 11.1 Å². The molecule has 1 aromatic heterocycles. The van der Waals surface area contributed by atoms with Crippen molar-refractivity contribution in [2.24, 2.45) is 0 Å². The van der Waals surface area contributed by atoms with Gasteiger partial charge in [-0.1, -0.05) is 12.1 Å². The van der Waals surface area contributed by atoms with Gasteiger partial charge in [0, 0.05) is 25.5 Å². The number of fused-ring (bicyclic) bond motifs is 1. The van der Waals surface area contributed by atoms with Crippen LogP contribution in [-0.4, -0.2) is 35.0 Å². The molecule has 0 fully saturated rings. The molecule has 26 heavy (non-hydrogen) atoms. The normalized spacial score (nSPS) is 13.1. The molecule has 3 rings (SSSR count). The summed E-state index contributed by atoms with van der Waals surface area (Å²) in [5.74, 6) is -0.599. The van der Waals surface area contributed by atoms with Crippen molar-refractivity contribution in [3.8, 4) is 0 Å². The van der Waals surface area contributed by atoms with Crippen LogP contribution in [0.3, 0.4) is 0 Å². The van der Waals surface area contributed by atoms with E-state index in [0.29, 0.717) is 37.2 Å². The second kappa shape index (κ2) is 7.95. The largest absolute Gasteiger partial charge is 0.450 e. The van der Waals surface area contributed by atoms with Crippen molar-refractivity contribution in [1.29, 1.82) is 0 Å². The van der Waals surface area contributed by atoms with Crippen LogP contribution in [0.15, 0.2) is 36.7 Å².